The van der Waals surface area contributed by atoms with Crippen molar-refractivity contribution in [2.24, 2.45) is 11.1 Å². The van der Waals surface area contributed by atoms with Gasteiger partial charge in [-0.3, -0.25) is 4.79 Å². The normalized spacial score (nSPS) is 23.1. The lowest BCUT2D eigenvalue weighted by molar-refractivity contribution is -0.137. The highest BCUT2D eigenvalue weighted by Gasteiger charge is 2.36. The van der Waals surface area contributed by atoms with Crippen molar-refractivity contribution in [3.05, 3.63) is 24.3 Å². The molecule has 4 nitrogen and oxygen atoms in total. The van der Waals surface area contributed by atoms with Gasteiger partial charge in [-0.1, -0.05) is 6.92 Å². The van der Waals surface area contributed by atoms with Gasteiger partial charge in [0.15, 0.2) is 6.10 Å². The van der Waals surface area contributed by atoms with Crippen molar-refractivity contribution in [2.75, 3.05) is 25.9 Å². The molecule has 1 amide bonds. The van der Waals surface area contributed by atoms with E-state index in [4.69, 9.17) is 10.5 Å². The smallest absolute Gasteiger partial charge is 0.263 e. The number of ether oxygens (including phenoxy) is 1. The number of hydrogen-bond donors (Lipinski definition) is 1. The van der Waals surface area contributed by atoms with Crippen LogP contribution in [0.15, 0.2) is 29.2 Å². The van der Waals surface area contributed by atoms with Crippen LogP contribution >= 0.6 is 11.8 Å². The SMILES string of the molecule is CSc1ccc(OC(C)C(=O)N2CCC(C)(CN)C2)cc1. The van der Waals surface area contributed by atoms with Crippen molar-refractivity contribution in [1.82, 2.24) is 4.90 Å². The minimum absolute atomic E-state index is 0.0427. The summed E-state index contributed by atoms with van der Waals surface area (Å²) in [6, 6.07) is 7.81. The Kier molecular flexibility index (Phi) is 5.17. The molecule has 2 atom stereocenters. The van der Waals surface area contributed by atoms with Crippen LogP contribution in [0.5, 0.6) is 5.75 Å². The van der Waals surface area contributed by atoms with Crippen molar-refractivity contribution in [3.8, 4) is 5.75 Å². The fourth-order valence-corrected chi connectivity index (χ4v) is 2.95. The summed E-state index contributed by atoms with van der Waals surface area (Å²) < 4.78 is 5.76. The summed E-state index contributed by atoms with van der Waals surface area (Å²) in [6.07, 6.45) is 2.53. The van der Waals surface area contributed by atoms with Crippen LogP contribution in [0.25, 0.3) is 0 Å². The monoisotopic (exact) mass is 308 g/mol. The Morgan fingerprint density at radius 1 is 1.48 bits per heavy atom. The van der Waals surface area contributed by atoms with Crippen LogP contribution in [0.1, 0.15) is 20.3 Å². The van der Waals surface area contributed by atoms with Crippen LogP contribution in [0.3, 0.4) is 0 Å². The molecule has 1 aromatic rings. The Bertz CT molecular complexity index is 492. The zero-order valence-corrected chi connectivity index (χ0v) is 13.8. The minimum atomic E-state index is -0.467. The van der Waals surface area contributed by atoms with Gasteiger partial charge in [-0.05, 0) is 55.8 Å². The van der Waals surface area contributed by atoms with Gasteiger partial charge in [0.2, 0.25) is 0 Å². The Hall–Kier alpha value is -1.20. The second-order valence-corrected chi connectivity index (χ2v) is 6.84. The summed E-state index contributed by atoms with van der Waals surface area (Å²) >= 11 is 1.68. The third kappa shape index (κ3) is 3.92. The largest absolute Gasteiger partial charge is 0.481 e. The number of likely N-dealkylation sites (tertiary alicyclic amines) is 1. The van der Waals surface area contributed by atoms with Gasteiger partial charge in [0.25, 0.3) is 5.91 Å². The number of thioether (sulfide) groups is 1. The predicted molar refractivity (Wildman–Crippen MR) is 86.7 cm³/mol. The Morgan fingerprint density at radius 3 is 2.67 bits per heavy atom. The minimum Gasteiger partial charge on any atom is -0.481 e. The molecule has 2 rings (SSSR count). The van der Waals surface area contributed by atoms with E-state index < -0.39 is 6.10 Å². The number of amides is 1. The van der Waals surface area contributed by atoms with Crippen molar-refractivity contribution in [3.63, 3.8) is 0 Å². The van der Waals surface area contributed by atoms with Crippen molar-refractivity contribution in [1.29, 1.82) is 0 Å². The standard InChI is InChI=1S/C16H24N2O2S/c1-12(20-13-4-6-14(21-3)7-5-13)15(19)18-9-8-16(2,10-17)11-18/h4-7,12H,8-11,17H2,1-3H3. The van der Waals surface area contributed by atoms with Crippen LogP contribution in [-0.2, 0) is 4.79 Å². The highest BCUT2D eigenvalue weighted by molar-refractivity contribution is 7.98. The molecule has 1 aromatic carbocycles. The fraction of sp³-hybridized carbons (Fsp3) is 0.562. The molecule has 0 aliphatic carbocycles. The number of benzene rings is 1. The van der Waals surface area contributed by atoms with Crippen molar-refractivity contribution < 1.29 is 9.53 Å². The number of carbonyl (C=O) groups is 1. The van der Waals surface area contributed by atoms with Gasteiger partial charge in [-0.15, -0.1) is 11.8 Å². The van der Waals surface area contributed by atoms with Crippen LogP contribution < -0.4 is 10.5 Å². The van der Waals surface area contributed by atoms with E-state index in [1.165, 1.54) is 4.90 Å². The zero-order chi connectivity index (χ0) is 15.5. The first-order chi connectivity index (χ1) is 9.97. The van der Waals surface area contributed by atoms with E-state index in [-0.39, 0.29) is 11.3 Å². The summed E-state index contributed by atoms with van der Waals surface area (Å²) in [5, 5.41) is 0. The number of nitrogens with zero attached hydrogens (tertiary/aromatic N) is 1. The van der Waals surface area contributed by atoms with Gasteiger partial charge < -0.3 is 15.4 Å². The molecular formula is C16H24N2O2S. The zero-order valence-electron chi connectivity index (χ0n) is 13.0. The van der Waals surface area contributed by atoms with Crippen LogP contribution in [0.4, 0.5) is 0 Å². The van der Waals surface area contributed by atoms with Crippen molar-refractivity contribution >= 4 is 17.7 Å². The van der Waals surface area contributed by atoms with Gasteiger partial charge >= 0.3 is 0 Å². The van der Waals surface area contributed by atoms with Gasteiger partial charge in [0.05, 0.1) is 0 Å². The third-order valence-corrected chi connectivity index (χ3v) is 4.83. The number of hydrogen-bond acceptors (Lipinski definition) is 4. The molecule has 2 N–H and O–H groups in total. The second-order valence-electron chi connectivity index (χ2n) is 5.96. The van der Waals surface area contributed by atoms with Gasteiger partial charge in [0, 0.05) is 18.0 Å². The molecule has 5 heteroatoms. The highest BCUT2D eigenvalue weighted by Crippen LogP contribution is 2.29. The summed E-state index contributed by atoms with van der Waals surface area (Å²) in [4.78, 5) is 15.5. The molecule has 0 aromatic heterocycles. The van der Waals surface area contributed by atoms with E-state index in [0.29, 0.717) is 6.54 Å². The average Bonchev–Trinajstić information content (AvgIpc) is 2.90. The Balaban J connectivity index is 1.93. The first-order valence-corrected chi connectivity index (χ1v) is 8.49. The van der Waals surface area contributed by atoms with E-state index in [1.54, 1.807) is 11.8 Å². The van der Waals surface area contributed by atoms with Crippen molar-refractivity contribution in [2.45, 2.75) is 31.3 Å². The van der Waals surface area contributed by atoms with E-state index in [1.807, 2.05) is 42.3 Å². The highest BCUT2D eigenvalue weighted by atomic mass is 32.2. The van der Waals surface area contributed by atoms with Crippen LogP contribution in [-0.4, -0.2) is 42.8 Å². The molecule has 1 saturated heterocycles. The van der Waals surface area contributed by atoms with E-state index in [9.17, 15) is 4.79 Å². The molecule has 1 aliphatic heterocycles. The summed E-state index contributed by atoms with van der Waals surface area (Å²) in [6.45, 7) is 6.05. The third-order valence-electron chi connectivity index (χ3n) is 4.08. The number of nitrogens with two attached hydrogens (primary N) is 1. The molecule has 2 unspecified atom stereocenters. The molecular weight excluding hydrogens is 284 g/mol. The maximum Gasteiger partial charge on any atom is 0.263 e. The second kappa shape index (κ2) is 6.71. The average molecular weight is 308 g/mol. The molecule has 1 aliphatic rings. The quantitative estimate of drug-likeness (QED) is 0.849. The molecule has 1 fully saturated rings. The number of rotatable bonds is 5. The van der Waals surface area contributed by atoms with Crippen LogP contribution in [0.2, 0.25) is 0 Å². The van der Waals surface area contributed by atoms with Gasteiger partial charge in [-0.2, -0.15) is 0 Å². The molecule has 21 heavy (non-hydrogen) atoms. The van der Waals surface area contributed by atoms with Gasteiger partial charge in [-0.25, -0.2) is 0 Å². The first-order valence-electron chi connectivity index (χ1n) is 7.27. The molecule has 0 spiro atoms. The summed E-state index contributed by atoms with van der Waals surface area (Å²) in [5.41, 5.74) is 5.84. The molecule has 0 saturated carbocycles. The fourth-order valence-electron chi connectivity index (χ4n) is 2.54. The summed E-state index contributed by atoms with van der Waals surface area (Å²) in [7, 11) is 0. The van der Waals surface area contributed by atoms with Crippen LogP contribution in [0, 0.1) is 5.41 Å². The lowest BCUT2D eigenvalue weighted by Gasteiger charge is -2.25. The molecule has 116 valence electrons. The maximum absolute atomic E-state index is 12.4. The predicted octanol–water partition coefficient (Wildman–Crippen LogP) is 2.37. The molecule has 1 heterocycles. The number of carbonyl (C=O) groups excluding carboxylic acids is 1. The Labute approximate surface area is 131 Å². The topological polar surface area (TPSA) is 55.6 Å². The first kappa shape index (κ1) is 16.2. The van der Waals surface area contributed by atoms with E-state index >= 15 is 0 Å². The lowest BCUT2D eigenvalue weighted by atomic mass is 9.90. The van der Waals surface area contributed by atoms with Gasteiger partial charge in [0.1, 0.15) is 5.75 Å². The molecule has 0 bridgehead atoms. The van der Waals surface area contributed by atoms with E-state index in [0.717, 1.165) is 25.3 Å². The van der Waals surface area contributed by atoms with E-state index in [2.05, 4.69) is 6.92 Å². The maximum atomic E-state index is 12.4. The Morgan fingerprint density at radius 2 is 2.14 bits per heavy atom. The summed E-state index contributed by atoms with van der Waals surface area (Å²) in [5.74, 6) is 0.774. The lowest BCUT2D eigenvalue weighted by Crippen LogP contribution is -2.41. The molecule has 0 radical (unpaired) electrons.